The van der Waals surface area contributed by atoms with E-state index in [0.29, 0.717) is 12.1 Å². The molecule has 0 amide bonds. The Morgan fingerprint density at radius 2 is 1.43 bits per heavy atom. The van der Waals surface area contributed by atoms with Gasteiger partial charge in [-0.25, -0.2) is 0 Å². The largest absolute Gasteiger partial charge is 0.497 e. The lowest BCUT2D eigenvalue weighted by Crippen LogP contribution is -2.25. The Labute approximate surface area is 129 Å². The van der Waals surface area contributed by atoms with Crippen LogP contribution in [-0.2, 0) is 0 Å². The fourth-order valence-corrected chi connectivity index (χ4v) is 2.44. The SMILES string of the molecule is C.COc1cccc([C@H](C)N(C)[C@@H](C)c2ccccc2)c1. The fourth-order valence-electron chi connectivity index (χ4n) is 2.44. The van der Waals surface area contributed by atoms with Crippen molar-refractivity contribution in [1.82, 2.24) is 4.90 Å². The number of hydrogen-bond acceptors (Lipinski definition) is 2. The summed E-state index contributed by atoms with van der Waals surface area (Å²) in [6.07, 6.45) is 0. The fraction of sp³-hybridized carbons (Fsp3) is 0.368. The van der Waals surface area contributed by atoms with Gasteiger partial charge in [-0.15, -0.1) is 0 Å². The lowest BCUT2D eigenvalue weighted by molar-refractivity contribution is 0.198. The van der Waals surface area contributed by atoms with E-state index < -0.39 is 0 Å². The number of nitrogens with zero attached hydrogens (tertiary/aromatic N) is 1. The Morgan fingerprint density at radius 1 is 0.857 bits per heavy atom. The maximum absolute atomic E-state index is 5.31. The molecule has 21 heavy (non-hydrogen) atoms. The molecule has 2 nitrogen and oxygen atoms in total. The van der Waals surface area contributed by atoms with Gasteiger partial charge in [0.2, 0.25) is 0 Å². The maximum Gasteiger partial charge on any atom is 0.119 e. The predicted molar refractivity (Wildman–Crippen MR) is 90.8 cm³/mol. The van der Waals surface area contributed by atoms with E-state index in [0.717, 1.165) is 5.75 Å². The van der Waals surface area contributed by atoms with Gasteiger partial charge in [-0.3, -0.25) is 4.90 Å². The maximum atomic E-state index is 5.31. The topological polar surface area (TPSA) is 12.5 Å². The first-order valence-electron chi connectivity index (χ1n) is 7.04. The molecular formula is C19H27NO. The number of rotatable bonds is 5. The number of benzene rings is 2. The molecule has 0 radical (unpaired) electrons. The first-order valence-corrected chi connectivity index (χ1v) is 7.04. The highest BCUT2D eigenvalue weighted by atomic mass is 16.5. The van der Waals surface area contributed by atoms with Gasteiger partial charge in [-0.05, 0) is 44.2 Å². The standard InChI is InChI=1S/C18H23NO.CH4/c1-14(16-9-6-5-7-10-16)19(3)15(2)17-11-8-12-18(13-17)20-4;/h5-15H,1-4H3;1H4/t14-,15-;/m0./s1. The minimum absolute atomic E-state index is 0. The molecule has 0 N–H and O–H groups in total. The molecule has 2 atom stereocenters. The second-order valence-corrected chi connectivity index (χ2v) is 5.20. The third kappa shape index (κ3) is 4.08. The predicted octanol–water partition coefficient (Wildman–Crippen LogP) is 5.09. The van der Waals surface area contributed by atoms with Crippen LogP contribution in [0.15, 0.2) is 54.6 Å². The van der Waals surface area contributed by atoms with Gasteiger partial charge in [0.15, 0.2) is 0 Å². The second kappa shape index (κ2) is 7.84. The molecule has 0 aromatic heterocycles. The Kier molecular flexibility index (Phi) is 6.44. The molecule has 0 heterocycles. The summed E-state index contributed by atoms with van der Waals surface area (Å²) in [6, 6.07) is 19.6. The quantitative estimate of drug-likeness (QED) is 0.759. The third-order valence-electron chi connectivity index (χ3n) is 4.08. The van der Waals surface area contributed by atoms with Crippen LogP contribution in [0, 0.1) is 0 Å². The Hall–Kier alpha value is -1.80. The summed E-state index contributed by atoms with van der Waals surface area (Å²) in [4.78, 5) is 2.38. The number of methoxy groups -OCH3 is 1. The highest BCUT2D eigenvalue weighted by Crippen LogP contribution is 2.29. The van der Waals surface area contributed by atoms with E-state index in [4.69, 9.17) is 4.74 Å². The summed E-state index contributed by atoms with van der Waals surface area (Å²) in [5.41, 5.74) is 2.61. The monoisotopic (exact) mass is 285 g/mol. The zero-order valence-corrected chi connectivity index (χ0v) is 12.7. The van der Waals surface area contributed by atoms with E-state index >= 15 is 0 Å². The lowest BCUT2D eigenvalue weighted by Gasteiger charge is -2.31. The molecule has 0 saturated heterocycles. The van der Waals surface area contributed by atoms with Crippen LogP contribution in [0.5, 0.6) is 5.75 Å². The minimum atomic E-state index is 0. The van der Waals surface area contributed by atoms with Crippen LogP contribution in [0.1, 0.15) is 44.5 Å². The van der Waals surface area contributed by atoms with Crippen LogP contribution in [-0.4, -0.2) is 19.1 Å². The molecule has 2 heteroatoms. The van der Waals surface area contributed by atoms with Gasteiger partial charge in [0.1, 0.15) is 5.75 Å². The van der Waals surface area contributed by atoms with E-state index in [2.05, 4.69) is 68.3 Å². The van der Waals surface area contributed by atoms with Crippen molar-refractivity contribution in [2.45, 2.75) is 33.4 Å². The zero-order valence-electron chi connectivity index (χ0n) is 12.7. The van der Waals surface area contributed by atoms with Gasteiger partial charge >= 0.3 is 0 Å². The molecule has 0 unspecified atom stereocenters. The van der Waals surface area contributed by atoms with E-state index in [1.807, 2.05) is 12.1 Å². The Balaban J connectivity index is 0.00000220. The minimum Gasteiger partial charge on any atom is -0.497 e. The molecule has 0 aliphatic rings. The molecule has 0 fully saturated rings. The van der Waals surface area contributed by atoms with Crippen molar-refractivity contribution in [2.24, 2.45) is 0 Å². The summed E-state index contributed by atoms with van der Waals surface area (Å²) in [5, 5.41) is 0. The number of ether oxygens (including phenoxy) is 1. The zero-order chi connectivity index (χ0) is 14.5. The molecular weight excluding hydrogens is 258 g/mol. The van der Waals surface area contributed by atoms with Crippen molar-refractivity contribution >= 4 is 0 Å². The summed E-state index contributed by atoms with van der Waals surface area (Å²) in [7, 11) is 3.88. The van der Waals surface area contributed by atoms with Gasteiger partial charge in [-0.2, -0.15) is 0 Å². The third-order valence-corrected chi connectivity index (χ3v) is 4.08. The van der Waals surface area contributed by atoms with Crippen molar-refractivity contribution in [3.63, 3.8) is 0 Å². The Bertz CT molecular complexity index is 538. The Morgan fingerprint density at radius 3 is 2.05 bits per heavy atom. The molecule has 0 bridgehead atoms. The summed E-state index contributed by atoms with van der Waals surface area (Å²) in [5.74, 6) is 0.912. The average Bonchev–Trinajstić information content (AvgIpc) is 2.53. The molecule has 0 spiro atoms. The summed E-state index contributed by atoms with van der Waals surface area (Å²) >= 11 is 0. The van der Waals surface area contributed by atoms with Crippen LogP contribution in [0.3, 0.4) is 0 Å². The van der Waals surface area contributed by atoms with Gasteiger partial charge in [0, 0.05) is 12.1 Å². The number of hydrogen-bond donors (Lipinski definition) is 0. The van der Waals surface area contributed by atoms with Crippen LogP contribution < -0.4 is 4.74 Å². The van der Waals surface area contributed by atoms with Crippen molar-refractivity contribution in [2.75, 3.05) is 14.2 Å². The van der Waals surface area contributed by atoms with E-state index in [-0.39, 0.29) is 7.43 Å². The molecule has 0 aliphatic heterocycles. The average molecular weight is 285 g/mol. The van der Waals surface area contributed by atoms with Crippen LogP contribution in [0.25, 0.3) is 0 Å². The molecule has 114 valence electrons. The van der Waals surface area contributed by atoms with Crippen molar-refractivity contribution in [3.8, 4) is 5.75 Å². The molecule has 0 saturated carbocycles. The van der Waals surface area contributed by atoms with Gasteiger partial charge in [0.25, 0.3) is 0 Å². The van der Waals surface area contributed by atoms with Crippen LogP contribution in [0.4, 0.5) is 0 Å². The van der Waals surface area contributed by atoms with Crippen molar-refractivity contribution in [3.05, 3.63) is 65.7 Å². The van der Waals surface area contributed by atoms with E-state index in [1.165, 1.54) is 11.1 Å². The normalized spacial score (nSPS) is 13.4. The van der Waals surface area contributed by atoms with Gasteiger partial charge < -0.3 is 4.74 Å². The van der Waals surface area contributed by atoms with E-state index in [1.54, 1.807) is 7.11 Å². The van der Waals surface area contributed by atoms with Gasteiger partial charge in [-0.1, -0.05) is 49.9 Å². The highest BCUT2D eigenvalue weighted by Gasteiger charge is 2.18. The highest BCUT2D eigenvalue weighted by molar-refractivity contribution is 5.30. The lowest BCUT2D eigenvalue weighted by atomic mass is 10.0. The molecule has 2 rings (SSSR count). The molecule has 0 aliphatic carbocycles. The summed E-state index contributed by atoms with van der Waals surface area (Å²) < 4.78 is 5.31. The van der Waals surface area contributed by atoms with Gasteiger partial charge in [0.05, 0.1) is 7.11 Å². The van der Waals surface area contributed by atoms with Crippen molar-refractivity contribution in [1.29, 1.82) is 0 Å². The van der Waals surface area contributed by atoms with E-state index in [9.17, 15) is 0 Å². The molecule has 2 aromatic rings. The van der Waals surface area contributed by atoms with Crippen molar-refractivity contribution < 1.29 is 4.74 Å². The first-order chi connectivity index (χ1) is 9.63. The first kappa shape index (κ1) is 17.3. The van der Waals surface area contributed by atoms with Crippen LogP contribution in [0.2, 0.25) is 0 Å². The van der Waals surface area contributed by atoms with Crippen LogP contribution >= 0.6 is 0 Å². The smallest absolute Gasteiger partial charge is 0.119 e. The summed E-state index contributed by atoms with van der Waals surface area (Å²) in [6.45, 7) is 4.47. The molecule has 2 aromatic carbocycles. The second-order valence-electron chi connectivity index (χ2n) is 5.20.